The molecular formula is C3H3NO6S2. The van der Waals surface area contributed by atoms with E-state index >= 15 is 0 Å². The van der Waals surface area contributed by atoms with E-state index in [4.69, 9.17) is 0 Å². The normalized spacial score (nSPS) is 8.33. The van der Waals surface area contributed by atoms with Crippen molar-refractivity contribution in [1.82, 2.24) is 0 Å². The van der Waals surface area contributed by atoms with Crippen molar-refractivity contribution in [2.45, 2.75) is 0 Å². The third kappa shape index (κ3) is 4.46. The van der Waals surface area contributed by atoms with Gasteiger partial charge in [-0.05, 0) is 0 Å². The van der Waals surface area contributed by atoms with Gasteiger partial charge in [-0.3, -0.25) is 0 Å². The molecule has 0 saturated carbocycles. The fourth-order valence-electron chi connectivity index (χ4n) is 0.275. The summed E-state index contributed by atoms with van der Waals surface area (Å²) in [6, 6.07) is 0. The van der Waals surface area contributed by atoms with E-state index < -0.39 is 31.7 Å². The lowest BCUT2D eigenvalue weighted by Crippen LogP contribution is -2.20. The third-order valence-corrected chi connectivity index (χ3v) is 1.64. The molecule has 0 bridgehead atoms. The van der Waals surface area contributed by atoms with Gasteiger partial charge in [0.1, 0.15) is 5.37 Å². The van der Waals surface area contributed by atoms with Crippen LogP contribution in [0.2, 0.25) is 0 Å². The first kappa shape index (κ1) is 10.7. The van der Waals surface area contributed by atoms with Crippen molar-refractivity contribution in [3.8, 4) is 0 Å². The van der Waals surface area contributed by atoms with Gasteiger partial charge in [0.05, 0.1) is 0 Å². The van der Waals surface area contributed by atoms with E-state index in [1.165, 1.54) is 0 Å². The van der Waals surface area contributed by atoms with Gasteiger partial charge in [0, 0.05) is 0 Å². The molecule has 0 radical (unpaired) electrons. The number of amides is 1. The maximum atomic E-state index is 10.1. The summed E-state index contributed by atoms with van der Waals surface area (Å²) in [6.45, 7) is 0. The van der Waals surface area contributed by atoms with E-state index in [1.807, 2.05) is 0 Å². The Morgan fingerprint density at radius 3 is 2.00 bits per heavy atom. The molecule has 0 aromatic heterocycles. The number of ether oxygens (including phenoxy) is 1. The van der Waals surface area contributed by atoms with Crippen LogP contribution < -0.4 is 5.73 Å². The summed E-state index contributed by atoms with van der Waals surface area (Å²) < 4.78 is 43.8. The molecule has 2 N–H and O–H groups in total. The van der Waals surface area contributed by atoms with Gasteiger partial charge in [0.25, 0.3) is 15.3 Å². The molecule has 9 heteroatoms. The smallest absolute Gasteiger partial charge is 0.393 e. The monoisotopic (exact) mass is 213 g/mol. The van der Waals surface area contributed by atoms with E-state index in [2.05, 4.69) is 10.5 Å². The molecule has 0 spiro atoms. The van der Waals surface area contributed by atoms with Gasteiger partial charge >= 0.3 is 6.09 Å². The van der Waals surface area contributed by atoms with Gasteiger partial charge in [-0.15, -0.1) is 0 Å². The fraction of sp³-hybridized carbons (Fsp3) is 0. The number of rotatable bonds is 1. The van der Waals surface area contributed by atoms with Crippen LogP contribution >= 0.6 is 0 Å². The van der Waals surface area contributed by atoms with Crippen LogP contribution in [0.5, 0.6) is 0 Å². The minimum Gasteiger partial charge on any atom is -0.393 e. The molecule has 0 aromatic carbocycles. The predicted molar refractivity (Wildman–Crippen MR) is 39.6 cm³/mol. The molecule has 0 aromatic rings. The summed E-state index contributed by atoms with van der Waals surface area (Å²) in [4.78, 5) is 9.98. The van der Waals surface area contributed by atoms with Crippen molar-refractivity contribution in [2.75, 3.05) is 0 Å². The predicted octanol–water partition coefficient (Wildman–Crippen LogP) is -2.23. The van der Waals surface area contributed by atoms with E-state index in [-0.39, 0.29) is 5.37 Å². The molecule has 0 rings (SSSR count). The number of nitrogens with two attached hydrogens (primary N) is 1. The second kappa shape index (κ2) is 4.51. The third-order valence-electron chi connectivity index (χ3n) is 0.558. The Morgan fingerprint density at radius 1 is 1.25 bits per heavy atom. The van der Waals surface area contributed by atoms with Gasteiger partial charge in [-0.2, -0.15) is 16.8 Å². The molecular weight excluding hydrogens is 210 g/mol. The molecule has 0 saturated heterocycles. The second-order valence-electron chi connectivity index (χ2n) is 1.35. The molecule has 0 aliphatic rings. The molecule has 0 heterocycles. The van der Waals surface area contributed by atoms with Crippen molar-refractivity contribution in [3.63, 3.8) is 0 Å². The molecule has 0 aliphatic heterocycles. The Morgan fingerprint density at radius 2 is 1.75 bits per heavy atom. The van der Waals surface area contributed by atoms with Gasteiger partial charge < -0.3 is 10.5 Å². The van der Waals surface area contributed by atoms with Crippen LogP contribution in [0.4, 0.5) is 4.79 Å². The molecule has 68 valence electrons. The summed E-state index contributed by atoms with van der Waals surface area (Å²) in [5.41, 5.74) is 4.43. The second-order valence-corrected chi connectivity index (χ2v) is 2.98. The lowest BCUT2D eigenvalue weighted by Gasteiger charge is -1.90. The molecule has 12 heavy (non-hydrogen) atoms. The van der Waals surface area contributed by atoms with Crippen LogP contribution in [-0.4, -0.2) is 33.3 Å². The zero-order valence-electron chi connectivity index (χ0n) is 5.42. The molecule has 0 fully saturated rings. The maximum absolute atomic E-state index is 10.1. The lowest BCUT2D eigenvalue weighted by molar-refractivity contribution is 0.210. The van der Waals surface area contributed by atoms with Crippen LogP contribution in [0.1, 0.15) is 0 Å². The Balaban J connectivity index is 5.14. The molecule has 0 atom stereocenters. The van der Waals surface area contributed by atoms with E-state index in [0.29, 0.717) is 0 Å². The number of hydrogen-bond acceptors (Lipinski definition) is 6. The van der Waals surface area contributed by atoms with Crippen LogP contribution in [0.25, 0.3) is 0 Å². The summed E-state index contributed by atoms with van der Waals surface area (Å²) >= 11 is 0. The van der Waals surface area contributed by atoms with Crippen molar-refractivity contribution in [1.29, 1.82) is 0 Å². The van der Waals surface area contributed by atoms with Gasteiger partial charge in [-0.25, -0.2) is 4.79 Å². The van der Waals surface area contributed by atoms with E-state index in [9.17, 15) is 21.6 Å². The first-order chi connectivity index (χ1) is 5.43. The highest BCUT2D eigenvalue weighted by Gasteiger charge is 2.03. The minimum atomic E-state index is -2.95. The lowest BCUT2D eigenvalue weighted by atomic mass is 10.8. The zero-order chi connectivity index (χ0) is 9.72. The quantitative estimate of drug-likeness (QED) is 0.492. The van der Waals surface area contributed by atoms with Crippen LogP contribution in [0.3, 0.4) is 0 Å². The average molecular weight is 213 g/mol. The molecule has 0 unspecified atom stereocenters. The molecule has 7 nitrogen and oxygen atoms in total. The number of carbonyl (C=O) groups excluding carboxylic acids is 1. The highest BCUT2D eigenvalue weighted by atomic mass is 32.2. The summed E-state index contributed by atoms with van der Waals surface area (Å²) in [6.07, 6.45) is -1.41. The van der Waals surface area contributed by atoms with Gasteiger partial charge in [-0.1, -0.05) is 0 Å². The average Bonchev–Trinajstić information content (AvgIpc) is 1.83. The van der Waals surface area contributed by atoms with E-state index in [0.717, 1.165) is 0 Å². The minimum absolute atomic E-state index is 0.202. The number of hydrogen-bond donors (Lipinski definition) is 1. The van der Waals surface area contributed by atoms with Crippen molar-refractivity contribution in [2.24, 2.45) is 5.73 Å². The van der Waals surface area contributed by atoms with Crippen molar-refractivity contribution in [3.05, 3.63) is 0 Å². The Kier molecular flexibility index (Phi) is 4.00. The molecule has 0 aliphatic carbocycles. The Bertz CT molecular complexity index is 423. The van der Waals surface area contributed by atoms with E-state index in [1.54, 1.807) is 0 Å². The fourth-order valence-corrected chi connectivity index (χ4v) is 1.18. The van der Waals surface area contributed by atoms with Gasteiger partial charge in [0.2, 0.25) is 10.3 Å². The van der Waals surface area contributed by atoms with Crippen LogP contribution in [0.15, 0.2) is 0 Å². The van der Waals surface area contributed by atoms with Gasteiger partial charge in [0.15, 0.2) is 0 Å². The standard InChI is InChI=1S/C3H3NO6S2/c4-3(5)10-2(12(8)9)1-11(6)7/h1H,(H2,4,5). The van der Waals surface area contributed by atoms with Crippen molar-refractivity contribution >= 4 is 37.1 Å². The Labute approximate surface area is 69.8 Å². The number of primary amides is 1. The summed E-state index contributed by atoms with van der Waals surface area (Å²) in [7, 11) is -5.72. The maximum Gasteiger partial charge on any atom is 0.410 e. The molecule has 1 amide bonds. The largest absolute Gasteiger partial charge is 0.410 e. The number of carbonyl (C=O) groups is 1. The Hall–Kier alpha value is -1.35. The highest BCUT2D eigenvalue weighted by Crippen LogP contribution is 1.74. The first-order valence-electron chi connectivity index (χ1n) is 2.30. The first-order valence-corrected chi connectivity index (χ1v) is 4.51. The summed E-state index contributed by atoms with van der Waals surface area (Å²) in [5.74, 6) is 0. The van der Waals surface area contributed by atoms with Crippen LogP contribution in [0, 0.1) is 0 Å². The summed E-state index contributed by atoms with van der Waals surface area (Å²) in [5, 5.41) is -0.843. The van der Waals surface area contributed by atoms with Crippen molar-refractivity contribution < 1.29 is 26.4 Å². The van der Waals surface area contributed by atoms with Crippen LogP contribution in [-0.2, 0) is 25.3 Å². The topological polar surface area (TPSA) is 121 Å². The zero-order valence-corrected chi connectivity index (χ0v) is 7.05. The SMILES string of the molecule is NC(=O)OC(C=S(=O)=O)=S(=O)=O. The highest BCUT2D eigenvalue weighted by molar-refractivity contribution is 7.80.